The summed E-state index contributed by atoms with van der Waals surface area (Å²) < 4.78 is 0. The van der Waals surface area contributed by atoms with Gasteiger partial charge in [0.05, 0.1) is 16.8 Å². The molecule has 0 N–H and O–H groups in total. The summed E-state index contributed by atoms with van der Waals surface area (Å²) in [6.45, 7) is 6.59. The summed E-state index contributed by atoms with van der Waals surface area (Å²) in [4.78, 5) is 13.4. The molecular formula is C16H17ClN2OS. The van der Waals surface area contributed by atoms with Crippen LogP contribution in [0.2, 0.25) is 0 Å². The van der Waals surface area contributed by atoms with Crippen LogP contribution in [0.15, 0.2) is 27.7 Å². The number of benzene rings is 1. The van der Waals surface area contributed by atoms with Gasteiger partial charge in [-0.3, -0.25) is 4.79 Å². The van der Waals surface area contributed by atoms with Gasteiger partial charge in [0, 0.05) is 23.1 Å². The van der Waals surface area contributed by atoms with Crippen LogP contribution in [0.3, 0.4) is 0 Å². The predicted octanol–water partition coefficient (Wildman–Crippen LogP) is 3.79. The first kappa shape index (κ1) is 14.7. The SMILES string of the molecule is Cc1c(C(Cl)=C2C=NN(C)C2=O)ccc2c1C(C)(C)CS2. The van der Waals surface area contributed by atoms with Gasteiger partial charge in [-0.2, -0.15) is 5.10 Å². The van der Waals surface area contributed by atoms with Crippen LogP contribution >= 0.6 is 23.4 Å². The van der Waals surface area contributed by atoms with Crippen molar-refractivity contribution in [3.8, 4) is 0 Å². The van der Waals surface area contributed by atoms with E-state index in [-0.39, 0.29) is 11.3 Å². The van der Waals surface area contributed by atoms with Crippen molar-refractivity contribution in [1.29, 1.82) is 0 Å². The number of hydrogen-bond donors (Lipinski definition) is 0. The number of thioether (sulfide) groups is 1. The van der Waals surface area contributed by atoms with Gasteiger partial charge < -0.3 is 0 Å². The zero-order valence-electron chi connectivity index (χ0n) is 12.5. The third-order valence-corrected chi connectivity index (χ3v) is 5.97. The number of hydrogen-bond acceptors (Lipinski definition) is 3. The quantitative estimate of drug-likeness (QED) is 0.738. The van der Waals surface area contributed by atoms with E-state index < -0.39 is 0 Å². The largest absolute Gasteiger partial charge is 0.276 e. The Morgan fingerprint density at radius 2 is 2.14 bits per heavy atom. The molecule has 0 atom stereocenters. The molecule has 0 spiro atoms. The number of carbonyl (C=O) groups excluding carboxylic acids is 1. The summed E-state index contributed by atoms with van der Waals surface area (Å²) >= 11 is 8.39. The summed E-state index contributed by atoms with van der Waals surface area (Å²) in [5.41, 5.74) is 4.03. The zero-order valence-corrected chi connectivity index (χ0v) is 14.1. The number of fused-ring (bicyclic) bond motifs is 1. The molecule has 0 fully saturated rings. The highest BCUT2D eigenvalue weighted by Gasteiger charge is 2.33. The van der Waals surface area contributed by atoms with Crippen LogP contribution < -0.4 is 0 Å². The Kier molecular flexibility index (Phi) is 3.41. The fourth-order valence-electron chi connectivity index (χ4n) is 2.94. The smallest absolute Gasteiger partial charge is 0.267 e. The molecule has 3 rings (SSSR count). The Morgan fingerprint density at radius 1 is 1.43 bits per heavy atom. The Bertz CT molecular complexity index is 706. The lowest BCUT2D eigenvalue weighted by Gasteiger charge is -2.22. The van der Waals surface area contributed by atoms with Crippen LogP contribution in [-0.4, -0.2) is 29.9 Å². The standard InChI is InChI=1S/C16H17ClN2OS/c1-9-10(14(17)11-7-18-19(4)15(11)20)5-6-12-13(9)16(2,3)8-21-12/h5-7H,8H2,1-4H3. The summed E-state index contributed by atoms with van der Waals surface area (Å²) in [5.74, 6) is 0.915. The minimum atomic E-state index is -0.159. The second kappa shape index (κ2) is 4.89. The summed E-state index contributed by atoms with van der Waals surface area (Å²) in [7, 11) is 1.63. The van der Waals surface area contributed by atoms with E-state index in [1.165, 1.54) is 21.7 Å². The number of rotatable bonds is 1. The van der Waals surface area contributed by atoms with E-state index in [0.29, 0.717) is 10.6 Å². The van der Waals surface area contributed by atoms with Crippen molar-refractivity contribution in [2.24, 2.45) is 5.10 Å². The molecule has 110 valence electrons. The predicted molar refractivity (Wildman–Crippen MR) is 89.0 cm³/mol. The monoisotopic (exact) mass is 320 g/mol. The second-order valence-electron chi connectivity index (χ2n) is 6.08. The molecule has 0 aliphatic carbocycles. The van der Waals surface area contributed by atoms with Crippen molar-refractivity contribution in [2.75, 3.05) is 12.8 Å². The first-order valence-electron chi connectivity index (χ1n) is 6.82. The van der Waals surface area contributed by atoms with Crippen LogP contribution in [0.4, 0.5) is 0 Å². The van der Waals surface area contributed by atoms with Crippen LogP contribution in [0.5, 0.6) is 0 Å². The molecule has 2 heterocycles. The second-order valence-corrected chi connectivity index (χ2v) is 7.48. The third kappa shape index (κ3) is 2.21. The van der Waals surface area contributed by atoms with E-state index in [0.717, 1.165) is 16.9 Å². The van der Waals surface area contributed by atoms with E-state index in [9.17, 15) is 4.79 Å². The lowest BCUT2D eigenvalue weighted by Crippen LogP contribution is -2.18. The molecule has 1 aromatic rings. The van der Waals surface area contributed by atoms with E-state index in [4.69, 9.17) is 11.6 Å². The molecule has 0 bridgehead atoms. The highest BCUT2D eigenvalue weighted by molar-refractivity contribution is 7.99. The Morgan fingerprint density at radius 3 is 2.76 bits per heavy atom. The van der Waals surface area contributed by atoms with E-state index in [2.05, 4.69) is 31.9 Å². The number of hydrazone groups is 1. The van der Waals surface area contributed by atoms with Crippen LogP contribution in [-0.2, 0) is 10.2 Å². The van der Waals surface area contributed by atoms with Crippen molar-refractivity contribution < 1.29 is 4.79 Å². The Hall–Kier alpha value is -1.26. The minimum absolute atomic E-state index is 0.131. The van der Waals surface area contributed by atoms with Gasteiger partial charge in [0.1, 0.15) is 0 Å². The maximum Gasteiger partial charge on any atom is 0.276 e. The van der Waals surface area contributed by atoms with E-state index in [1.54, 1.807) is 7.05 Å². The lowest BCUT2D eigenvalue weighted by molar-refractivity contribution is -0.124. The zero-order chi connectivity index (χ0) is 15.4. The number of halogens is 1. The topological polar surface area (TPSA) is 32.7 Å². The molecular weight excluding hydrogens is 304 g/mol. The normalized spacial score (nSPS) is 22.0. The first-order chi connectivity index (χ1) is 9.83. The molecule has 1 aromatic carbocycles. The molecule has 21 heavy (non-hydrogen) atoms. The van der Waals surface area contributed by atoms with Crippen molar-refractivity contribution in [3.05, 3.63) is 34.4 Å². The molecule has 0 unspecified atom stereocenters. The molecule has 0 aromatic heterocycles. The van der Waals surface area contributed by atoms with Gasteiger partial charge in [0.2, 0.25) is 0 Å². The van der Waals surface area contributed by atoms with Gasteiger partial charge in [-0.25, -0.2) is 5.01 Å². The molecule has 2 aliphatic rings. The first-order valence-corrected chi connectivity index (χ1v) is 8.18. The molecule has 0 radical (unpaired) electrons. The van der Waals surface area contributed by atoms with Gasteiger partial charge in [-0.1, -0.05) is 31.5 Å². The summed E-state index contributed by atoms with van der Waals surface area (Å²) in [6, 6.07) is 4.12. The highest BCUT2D eigenvalue weighted by Crippen LogP contribution is 2.47. The molecule has 5 heteroatoms. The number of nitrogens with zero attached hydrogens (tertiary/aromatic N) is 2. The van der Waals surface area contributed by atoms with Gasteiger partial charge in [0.15, 0.2) is 0 Å². The van der Waals surface area contributed by atoms with Crippen LogP contribution in [0.1, 0.15) is 30.5 Å². The van der Waals surface area contributed by atoms with Gasteiger partial charge in [-0.15, -0.1) is 11.8 Å². The van der Waals surface area contributed by atoms with Crippen molar-refractivity contribution in [3.63, 3.8) is 0 Å². The third-order valence-electron chi connectivity index (χ3n) is 4.05. The van der Waals surface area contributed by atoms with Gasteiger partial charge in [0.25, 0.3) is 5.91 Å². The fourth-order valence-corrected chi connectivity index (χ4v) is 4.67. The molecule has 0 saturated heterocycles. The molecule has 1 amide bonds. The molecule has 2 aliphatic heterocycles. The number of likely N-dealkylation sites (N-methyl/N-ethyl adjacent to an activating group) is 1. The fraction of sp³-hybridized carbons (Fsp3) is 0.375. The van der Waals surface area contributed by atoms with Gasteiger partial charge in [-0.05, 0) is 29.7 Å². The summed E-state index contributed by atoms with van der Waals surface area (Å²) in [5, 5.41) is 5.78. The lowest BCUT2D eigenvalue weighted by atomic mass is 9.82. The van der Waals surface area contributed by atoms with Crippen molar-refractivity contribution >= 4 is 40.5 Å². The maximum atomic E-state index is 12.0. The molecule has 0 saturated carbocycles. The molecule has 3 nitrogen and oxygen atoms in total. The van der Waals surface area contributed by atoms with Crippen LogP contribution in [0, 0.1) is 6.92 Å². The average Bonchev–Trinajstić information content (AvgIpc) is 2.91. The average molecular weight is 321 g/mol. The van der Waals surface area contributed by atoms with E-state index >= 15 is 0 Å². The summed E-state index contributed by atoms with van der Waals surface area (Å²) in [6.07, 6.45) is 1.54. The highest BCUT2D eigenvalue weighted by atomic mass is 35.5. The van der Waals surface area contributed by atoms with Crippen LogP contribution in [0.25, 0.3) is 5.03 Å². The number of carbonyl (C=O) groups is 1. The van der Waals surface area contributed by atoms with E-state index in [1.807, 2.05) is 17.8 Å². The van der Waals surface area contributed by atoms with Crippen molar-refractivity contribution in [2.45, 2.75) is 31.1 Å². The van der Waals surface area contributed by atoms with Crippen molar-refractivity contribution in [1.82, 2.24) is 5.01 Å². The Balaban J connectivity index is 2.16. The number of amides is 1. The maximum absolute atomic E-state index is 12.0. The minimum Gasteiger partial charge on any atom is -0.267 e. The Labute approximate surface area is 134 Å². The van der Waals surface area contributed by atoms with Gasteiger partial charge >= 0.3 is 0 Å².